The van der Waals surface area contributed by atoms with Crippen molar-refractivity contribution in [2.75, 3.05) is 13.1 Å². The summed E-state index contributed by atoms with van der Waals surface area (Å²) in [7, 11) is 0. The minimum atomic E-state index is -4.56. The van der Waals surface area contributed by atoms with Crippen molar-refractivity contribution >= 4 is 0 Å². The van der Waals surface area contributed by atoms with Crippen molar-refractivity contribution in [3.63, 3.8) is 0 Å². The molecule has 2 N–H and O–H groups in total. The van der Waals surface area contributed by atoms with Gasteiger partial charge in [0.25, 0.3) is 0 Å². The maximum Gasteiger partial charge on any atom is 0.418 e. The van der Waals surface area contributed by atoms with E-state index in [1.165, 1.54) is 0 Å². The van der Waals surface area contributed by atoms with Gasteiger partial charge in [0, 0.05) is 6.54 Å². The second-order valence-corrected chi connectivity index (χ2v) is 2.55. The van der Waals surface area contributed by atoms with Gasteiger partial charge in [-0.3, -0.25) is 0 Å². The standard InChI is InChI=1S/C6H12F3NO/c1-3-10-4-5(2,11)6(7,8)9/h10-11H,3-4H2,1-2H3/t5-/m0/s1. The van der Waals surface area contributed by atoms with Crippen LogP contribution in [0.3, 0.4) is 0 Å². The second-order valence-electron chi connectivity index (χ2n) is 2.55. The lowest BCUT2D eigenvalue weighted by atomic mass is 10.1. The summed E-state index contributed by atoms with van der Waals surface area (Å²) in [4.78, 5) is 0. The van der Waals surface area contributed by atoms with Crippen LogP contribution in [0.1, 0.15) is 13.8 Å². The molecule has 1 atom stereocenters. The SMILES string of the molecule is CCNC[C@](C)(O)C(F)(F)F. The number of alkyl halides is 3. The predicted molar refractivity (Wildman–Crippen MR) is 35.2 cm³/mol. The van der Waals surface area contributed by atoms with Gasteiger partial charge in [-0.15, -0.1) is 0 Å². The molecule has 0 aromatic carbocycles. The first-order chi connectivity index (χ1) is 4.81. The van der Waals surface area contributed by atoms with E-state index in [1.54, 1.807) is 6.92 Å². The summed E-state index contributed by atoms with van der Waals surface area (Å²) in [6, 6.07) is 0. The zero-order chi connectivity index (χ0) is 9.12. The van der Waals surface area contributed by atoms with Crippen LogP contribution in [-0.4, -0.2) is 30.0 Å². The fraction of sp³-hybridized carbons (Fsp3) is 1.00. The van der Waals surface area contributed by atoms with Gasteiger partial charge < -0.3 is 10.4 Å². The van der Waals surface area contributed by atoms with E-state index in [-0.39, 0.29) is 0 Å². The number of nitrogens with one attached hydrogen (secondary N) is 1. The Labute approximate surface area is 63.4 Å². The summed E-state index contributed by atoms with van der Waals surface area (Å²) in [5, 5.41) is 11.2. The van der Waals surface area contributed by atoms with Crippen molar-refractivity contribution in [2.24, 2.45) is 0 Å². The first kappa shape index (κ1) is 10.7. The number of rotatable bonds is 3. The van der Waals surface area contributed by atoms with E-state index in [0.717, 1.165) is 6.92 Å². The third kappa shape index (κ3) is 3.07. The van der Waals surface area contributed by atoms with Gasteiger partial charge in [-0.25, -0.2) is 0 Å². The number of likely N-dealkylation sites (N-methyl/N-ethyl adjacent to an activating group) is 1. The monoisotopic (exact) mass is 171 g/mol. The maximum atomic E-state index is 11.9. The topological polar surface area (TPSA) is 32.3 Å². The van der Waals surface area contributed by atoms with E-state index in [2.05, 4.69) is 5.32 Å². The molecule has 68 valence electrons. The Morgan fingerprint density at radius 2 is 1.82 bits per heavy atom. The summed E-state index contributed by atoms with van der Waals surface area (Å²) in [5.74, 6) is 0. The Bertz CT molecular complexity index is 121. The molecule has 2 nitrogen and oxygen atoms in total. The molecule has 0 aromatic rings. The van der Waals surface area contributed by atoms with Gasteiger partial charge in [-0.2, -0.15) is 13.2 Å². The molecule has 0 heterocycles. The van der Waals surface area contributed by atoms with Crippen molar-refractivity contribution in [1.29, 1.82) is 0 Å². The van der Waals surface area contributed by atoms with Crippen LogP contribution in [-0.2, 0) is 0 Å². The van der Waals surface area contributed by atoms with Crippen molar-refractivity contribution in [3.05, 3.63) is 0 Å². The Morgan fingerprint density at radius 1 is 1.36 bits per heavy atom. The van der Waals surface area contributed by atoms with Crippen LogP contribution < -0.4 is 5.32 Å². The zero-order valence-corrected chi connectivity index (χ0v) is 6.50. The van der Waals surface area contributed by atoms with Crippen molar-refractivity contribution in [3.8, 4) is 0 Å². The highest BCUT2D eigenvalue weighted by molar-refractivity contribution is 4.83. The minimum Gasteiger partial charge on any atom is -0.380 e. The average molecular weight is 171 g/mol. The van der Waals surface area contributed by atoms with E-state index in [1.807, 2.05) is 0 Å². The Morgan fingerprint density at radius 3 is 2.09 bits per heavy atom. The molecule has 0 aliphatic carbocycles. The molecule has 5 heteroatoms. The van der Waals surface area contributed by atoms with E-state index in [9.17, 15) is 13.2 Å². The molecule has 0 radical (unpaired) electrons. The first-order valence-electron chi connectivity index (χ1n) is 3.31. The number of hydrogen-bond donors (Lipinski definition) is 2. The summed E-state index contributed by atoms with van der Waals surface area (Å²) in [6.07, 6.45) is -4.56. The van der Waals surface area contributed by atoms with Crippen molar-refractivity contribution in [1.82, 2.24) is 5.32 Å². The van der Waals surface area contributed by atoms with E-state index in [4.69, 9.17) is 5.11 Å². The third-order valence-corrected chi connectivity index (χ3v) is 1.33. The molecule has 0 fully saturated rings. The van der Waals surface area contributed by atoms with Crippen LogP contribution in [0.5, 0.6) is 0 Å². The van der Waals surface area contributed by atoms with Crippen LogP contribution in [0.4, 0.5) is 13.2 Å². The lowest BCUT2D eigenvalue weighted by Crippen LogP contribution is -2.49. The lowest BCUT2D eigenvalue weighted by Gasteiger charge is -2.26. The third-order valence-electron chi connectivity index (χ3n) is 1.33. The molecule has 0 aromatic heterocycles. The molecule has 0 saturated carbocycles. The van der Waals surface area contributed by atoms with Crippen molar-refractivity contribution in [2.45, 2.75) is 25.6 Å². The van der Waals surface area contributed by atoms with Gasteiger partial charge in [-0.1, -0.05) is 6.92 Å². The van der Waals surface area contributed by atoms with Crippen LogP contribution >= 0.6 is 0 Å². The molecule has 11 heavy (non-hydrogen) atoms. The van der Waals surface area contributed by atoms with E-state index < -0.39 is 18.3 Å². The summed E-state index contributed by atoms with van der Waals surface area (Å²) in [6.45, 7) is 2.36. The normalized spacial score (nSPS) is 18.0. The van der Waals surface area contributed by atoms with E-state index in [0.29, 0.717) is 6.54 Å². The van der Waals surface area contributed by atoms with Gasteiger partial charge in [-0.05, 0) is 13.5 Å². The minimum absolute atomic E-state index is 0.409. The van der Waals surface area contributed by atoms with Gasteiger partial charge in [0.15, 0.2) is 5.60 Å². The largest absolute Gasteiger partial charge is 0.418 e. The molecule has 0 rings (SSSR count). The number of hydrogen-bond acceptors (Lipinski definition) is 2. The van der Waals surface area contributed by atoms with Crippen LogP contribution in [0, 0.1) is 0 Å². The second kappa shape index (κ2) is 3.40. The molecule has 0 saturated heterocycles. The summed E-state index contributed by atoms with van der Waals surface area (Å²) >= 11 is 0. The molecule has 0 aliphatic rings. The van der Waals surface area contributed by atoms with Gasteiger partial charge in [0.05, 0.1) is 0 Å². The zero-order valence-electron chi connectivity index (χ0n) is 6.50. The smallest absolute Gasteiger partial charge is 0.380 e. The fourth-order valence-corrected chi connectivity index (χ4v) is 0.469. The first-order valence-corrected chi connectivity index (χ1v) is 3.31. The lowest BCUT2D eigenvalue weighted by molar-refractivity contribution is -0.250. The molecule has 0 bridgehead atoms. The van der Waals surface area contributed by atoms with Crippen LogP contribution in [0.15, 0.2) is 0 Å². The molecule has 0 amide bonds. The average Bonchev–Trinajstić information content (AvgIpc) is 1.81. The molecular formula is C6H12F3NO. The highest BCUT2D eigenvalue weighted by atomic mass is 19.4. The number of halogens is 3. The van der Waals surface area contributed by atoms with Crippen LogP contribution in [0.25, 0.3) is 0 Å². The summed E-state index contributed by atoms with van der Waals surface area (Å²) in [5.41, 5.74) is -2.62. The molecular weight excluding hydrogens is 159 g/mol. The number of aliphatic hydroxyl groups is 1. The Hall–Kier alpha value is -0.290. The summed E-state index contributed by atoms with van der Waals surface area (Å²) < 4.78 is 35.6. The van der Waals surface area contributed by atoms with Gasteiger partial charge in [0.2, 0.25) is 0 Å². The maximum absolute atomic E-state index is 11.9. The molecule has 0 spiro atoms. The molecule has 0 unspecified atom stereocenters. The van der Waals surface area contributed by atoms with Gasteiger partial charge >= 0.3 is 6.18 Å². The van der Waals surface area contributed by atoms with E-state index >= 15 is 0 Å². The highest BCUT2D eigenvalue weighted by Crippen LogP contribution is 2.28. The predicted octanol–water partition coefficient (Wildman–Crippen LogP) is 0.909. The molecule has 0 aliphatic heterocycles. The highest BCUT2D eigenvalue weighted by Gasteiger charge is 2.49. The fourth-order valence-electron chi connectivity index (χ4n) is 0.469. The Balaban J connectivity index is 4.00. The van der Waals surface area contributed by atoms with Crippen molar-refractivity contribution < 1.29 is 18.3 Å². The van der Waals surface area contributed by atoms with Crippen LogP contribution in [0.2, 0.25) is 0 Å². The quantitative estimate of drug-likeness (QED) is 0.661. The van der Waals surface area contributed by atoms with Gasteiger partial charge in [0.1, 0.15) is 0 Å². The Kier molecular flexibility index (Phi) is 3.31.